The van der Waals surface area contributed by atoms with Gasteiger partial charge in [0.05, 0.1) is 0 Å². The molecule has 0 aliphatic carbocycles. The molecule has 1 unspecified atom stereocenters. The van der Waals surface area contributed by atoms with E-state index >= 15 is 0 Å². The molecule has 18 heavy (non-hydrogen) atoms. The fourth-order valence-corrected chi connectivity index (χ4v) is 3.02. The van der Waals surface area contributed by atoms with Crippen LogP contribution in [0.25, 0.3) is 0 Å². The fourth-order valence-electron chi connectivity index (χ4n) is 2.62. The highest BCUT2D eigenvalue weighted by atomic mass is 32.2. The van der Waals surface area contributed by atoms with Crippen LogP contribution in [0.15, 0.2) is 29.2 Å². The predicted molar refractivity (Wildman–Crippen MR) is 76.9 cm³/mol. The van der Waals surface area contributed by atoms with E-state index in [0.717, 1.165) is 12.8 Å². The monoisotopic (exact) mass is 263 g/mol. The van der Waals surface area contributed by atoms with Gasteiger partial charge in [-0.15, -0.1) is 11.8 Å². The quantitative estimate of drug-likeness (QED) is 0.845. The lowest BCUT2D eigenvalue weighted by atomic mass is 9.80. The first-order valence-corrected chi connectivity index (χ1v) is 7.72. The molecule has 0 radical (unpaired) electrons. The summed E-state index contributed by atoms with van der Waals surface area (Å²) in [6.07, 6.45) is 4.64. The van der Waals surface area contributed by atoms with Gasteiger partial charge in [-0.1, -0.05) is 26.0 Å². The largest absolute Gasteiger partial charge is 0.350 e. The van der Waals surface area contributed by atoms with Gasteiger partial charge in [-0.2, -0.15) is 0 Å². The molecule has 1 atom stereocenters. The molecule has 1 fully saturated rings. The molecule has 1 heterocycles. The van der Waals surface area contributed by atoms with Crippen LogP contribution in [0.5, 0.6) is 0 Å². The summed E-state index contributed by atoms with van der Waals surface area (Å²) in [5.74, 6) is 0.661. The van der Waals surface area contributed by atoms with Crippen molar-refractivity contribution in [3.63, 3.8) is 0 Å². The van der Waals surface area contributed by atoms with Gasteiger partial charge in [0.25, 0.3) is 0 Å². The summed E-state index contributed by atoms with van der Waals surface area (Å²) in [5.41, 5.74) is 1.27. The molecule has 0 bridgehead atoms. The third-order valence-electron chi connectivity index (χ3n) is 3.97. The van der Waals surface area contributed by atoms with E-state index in [1.807, 2.05) is 0 Å². The summed E-state index contributed by atoms with van der Waals surface area (Å²) in [6.45, 7) is 4.39. The Morgan fingerprint density at radius 1 is 1.33 bits per heavy atom. The molecular weight excluding hydrogens is 242 g/mol. The molecule has 2 rings (SSSR count). The van der Waals surface area contributed by atoms with Gasteiger partial charge in [0.2, 0.25) is 5.91 Å². The number of nitrogens with one attached hydrogen (secondary N) is 1. The summed E-state index contributed by atoms with van der Waals surface area (Å²) in [4.78, 5) is 12.8. The van der Waals surface area contributed by atoms with Gasteiger partial charge in [-0.05, 0) is 42.7 Å². The van der Waals surface area contributed by atoms with Crippen molar-refractivity contribution >= 4 is 17.7 Å². The molecule has 98 valence electrons. The van der Waals surface area contributed by atoms with Crippen LogP contribution in [0.2, 0.25) is 0 Å². The number of rotatable bonds is 4. The first-order chi connectivity index (χ1) is 8.55. The molecule has 0 aromatic heterocycles. The maximum absolute atomic E-state index is 11.5. The number of thioether (sulfide) groups is 1. The highest BCUT2D eigenvalue weighted by Crippen LogP contribution is 2.32. The minimum atomic E-state index is -0.0437. The highest BCUT2D eigenvalue weighted by molar-refractivity contribution is 7.98. The van der Waals surface area contributed by atoms with E-state index in [4.69, 9.17) is 0 Å². The average Bonchev–Trinajstić information content (AvgIpc) is 2.73. The molecule has 0 spiro atoms. The first kappa shape index (κ1) is 13.5. The Morgan fingerprint density at radius 3 is 2.44 bits per heavy atom. The van der Waals surface area contributed by atoms with E-state index in [1.54, 1.807) is 11.8 Å². The molecule has 3 heteroatoms. The molecule has 2 nitrogen and oxygen atoms in total. The lowest BCUT2D eigenvalue weighted by molar-refractivity contribution is -0.120. The second-order valence-corrected chi connectivity index (χ2v) is 6.26. The van der Waals surface area contributed by atoms with Gasteiger partial charge in [-0.3, -0.25) is 4.79 Å². The summed E-state index contributed by atoms with van der Waals surface area (Å²) >= 11 is 1.76. The van der Waals surface area contributed by atoms with Gasteiger partial charge in [0, 0.05) is 16.9 Å². The van der Waals surface area contributed by atoms with E-state index in [1.165, 1.54) is 10.5 Å². The van der Waals surface area contributed by atoms with Gasteiger partial charge in [0.1, 0.15) is 0 Å². The maximum Gasteiger partial charge on any atom is 0.220 e. The van der Waals surface area contributed by atoms with E-state index in [-0.39, 0.29) is 11.4 Å². The summed E-state index contributed by atoms with van der Waals surface area (Å²) < 4.78 is 0. The lowest BCUT2D eigenvalue weighted by Gasteiger charge is -2.33. The topological polar surface area (TPSA) is 29.1 Å². The van der Waals surface area contributed by atoms with Crippen molar-refractivity contribution in [2.75, 3.05) is 6.26 Å². The van der Waals surface area contributed by atoms with Crippen LogP contribution in [-0.2, 0) is 11.2 Å². The van der Waals surface area contributed by atoms with Crippen molar-refractivity contribution in [1.82, 2.24) is 5.32 Å². The standard InChI is InChI=1S/C15H21NOS/c1-11(2)15(9-8-14(17)16-15)10-12-4-6-13(18-3)7-5-12/h4-7,11H,8-10H2,1-3H3,(H,16,17). The van der Waals surface area contributed by atoms with Crippen LogP contribution in [0.4, 0.5) is 0 Å². The summed E-state index contributed by atoms with van der Waals surface area (Å²) in [7, 11) is 0. The number of benzene rings is 1. The molecule has 1 saturated heterocycles. The maximum atomic E-state index is 11.5. The Bertz CT molecular complexity index is 427. The Morgan fingerprint density at radius 2 is 2.00 bits per heavy atom. The second-order valence-electron chi connectivity index (χ2n) is 5.38. The van der Waals surface area contributed by atoms with E-state index in [2.05, 4.69) is 49.7 Å². The number of hydrogen-bond acceptors (Lipinski definition) is 2. The molecular formula is C15H21NOS. The van der Waals surface area contributed by atoms with Crippen molar-refractivity contribution in [1.29, 1.82) is 0 Å². The minimum absolute atomic E-state index is 0.0437. The lowest BCUT2D eigenvalue weighted by Crippen LogP contribution is -2.48. The van der Waals surface area contributed by atoms with Crippen LogP contribution in [0, 0.1) is 5.92 Å². The highest BCUT2D eigenvalue weighted by Gasteiger charge is 2.40. The Kier molecular flexibility index (Phi) is 4.00. The van der Waals surface area contributed by atoms with Crippen LogP contribution in [0.1, 0.15) is 32.3 Å². The van der Waals surface area contributed by atoms with Crippen LogP contribution in [0.3, 0.4) is 0 Å². The normalized spacial score (nSPS) is 23.4. The van der Waals surface area contributed by atoms with Crippen molar-refractivity contribution < 1.29 is 4.79 Å². The molecule has 1 aliphatic rings. The van der Waals surface area contributed by atoms with Crippen LogP contribution >= 0.6 is 11.8 Å². The zero-order valence-electron chi connectivity index (χ0n) is 11.3. The molecule has 0 saturated carbocycles. The van der Waals surface area contributed by atoms with Crippen LogP contribution < -0.4 is 5.32 Å². The Labute approximate surface area is 114 Å². The molecule has 1 aromatic carbocycles. The van der Waals surface area contributed by atoms with Crippen molar-refractivity contribution in [3.05, 3.63) is 29.8 Å². The molecule has 1 N–H and O–H groups in total. The zero-order valence-corrected chi connectivity index (χ0v) is 12.1. The van der Waals surface area contributed by atoms with E-state index in [9.17, 15) is 4.79 Å². The number of carbonyl (C=O) groups is 1. The Balaban J connectivity index is 2.16. The third-order valence-corrected chi connectivity index (χ3v) is 4.71. The van der Waals surface area contributed by atoms with Gasteiger partial charge < -0.3 is 5.32 Å². The third kappa shape index (κ3) is 2.72. The number of carbonyl (C=O) groups excluding carboxylic acids is 1. The van der Waals surface area contributed by atoms with Crippen LogP contribution in [-0.4, -0.2) is 17.7 Å². The van der Waals surface area contributed by atoms with Crippen molar-refractivity contribution in [2.45, 2.75) is 43.5 Å². The number of hydrogen-bond donors (Lipinski definition) is 1. The van der Waals surface area contributed by atoms with E-state index < -0.39 is 0 Å². The minimum Gasteiger partial charge on any atom is -0.350 e. The van der Waals surface area contributed by atoms with Gasteiger partial charge in [-0.25, -0.2) is 0 Å². The average molecular weight is 263 g/mol. The van der Waals surface area contributed by atoms with Crippen molar-refractivity contribution in [3.8, 4) is 0 Å². The smallest absolute Gasteiger partial charge is 0.220 e. The van der Waals surface area contributed by atoms with Crippen molar-refractivity contribution in [2.24, 2.45) is 5.92 Å². The summed E-state index contributed by atoms with van der Waals surface area (Å²) in [6, 6.07) is 8.68. The summed E-state index contributed by atoms with van der Waals surface area (Å²) in [5, 5.41) is 3.20. The molecule has 1 aliphatic heterocycles. The molecule has 1 amide bonds. The Hall–Kier alpha value is -0.960. The fraction of sp³-hybridized carbons (Fsp3) is 0.533. The number of amides is 1. The molecule has 1 aromatic rings. The predicted octanol–water partition coefficient (Wildman–Crippen LogP) is 3.26. The second kappa shape index (κ2) is 5.35. The van der Waals surface area contributed by atoms with E-state index in [0.29, 0.717) is 12.3 Å². The SMILES string of the molecule is CSc1ccc(CC2(C(C)C)CCC(=O)N2)cc1. The first-order valence-electron chi connectivity index (χ1n) is 6.50. The van der Waals surface area contributed by atoms with Gasteiger partial charge >= 0.3 is 0 Å². The zero-order chi connectivity index (χ0) is 13.2. The van der Waals surface area contributed by atoms with Gasteiger partial charge in [0.15, 0.2) is 0 Å².